The van der Waals surface area contributed by atoms with Crippen LogP contribution in [0, 0.1) is 20.2 Å². The molecule has 2 aromatic rings. The first-order chi connectivity index (χ1) is 11.7. The van der Waals surface area contributed by atoms with Crippen molar-refractivity contribution in [2.75, 3.05) is 5.43 Å². The fourth-order valence-corrected chi connectivity index (χ4v) is 1.89. The van der Waals surface area contributed by atoms with Gasteiger partial charge in [-0.3, -0.25) is 25.7 Å². The number of benzene rings is 2. The number of alkyl halides is 3. The maximum absolute atomic E-state index is 12.8. The summed E-state index contributed by atoms with van der Waals surface area (Å²) >= 11 is 0. The van der Waals surface area contributed by atoms with Crippen LogP contribution in [-0.4, -0.2) is 16.1 Å². The zero-order valence-corrected chi connectivity index (χ0v) is 12.2. The van der Waals surface area contributed by atoms with Crippen molar-refractivity contribution in [1.29, 1.82) is 0 Å². The van der Waals surface area contributed by atoms with Crippen molar-refractivity contribution in [3.05, 3.63) is 73.8 Å². The number of nitro groups is 2. The Morgan fingerprint density at radius 1 is 1.00 bits per heavy atom. The Hall–Kier alpha value is -3.50. The summed E-state index contributed by atoms with van der Waals surface area (Å²) < 4.78 is 38.4. The first-order valence-corrected chi connectivity index (χ1v) is 6.58. The Kier molecular flexibility index (Phi) is 4.96. The molecule has 0 aromatic heterocycles. The van der Waals surface area contributed by atoms with Crippen LogP contribution in [0.1, 0.15) is 11.1 Å². The molecule has 25 heavy (non-hydrogen) atoms. The van der Waals surface area contributed by atoms with Crippen LogP contribution in [-0.2, 0) is 6.18 Å². The highest BCUT2D eigenvalue weighted by Gasteiger charge is 2.37. The second-order valence-electron chi connectivity index (χ2n) is 4.68. The number of hydrogen-bond donors (Lipinski definition) is 1. The lowest BCUT2D eigenvalue weighted by Gasteiger charge is -2.09. The lowest BCUT2D eigenvalue weighted by molar-refractivity contribution is -0.392. The van der Waals surface area contributed by atoms with E-state index in [1.165, 1.54) is 6.21 Å². The van der Waals surface area contributed by atoms with Gasteiger partial charge in [0.25, 0.3) is 0 Å². The average Bonchev–Trinajstić information content (AvgIpc) is 2.54. The molecule has 11 heteroatoms. The Morgan fingerprint density at radius 2 is 1.52 bits per heavy atom. The van der Waals surface area contributed by atoms with E-state index in [0.717, 1.165) is 0 Å². The molecule has 8 nitrogen and oxygen atoms in total. The maximum atomic E-state index is 12.8. The van der Waals surface area contributed by atoms with Crippen LogP contribution < -0.4 is 5.43 Å². The number of hydrazone groups is 1. The number of anilines is 1. The van der Waals surface area contributed by atoms with Crippen LogP contribution in [0.4, 0.5) is 30.2 Å². The van der Waals surface area contributed by atoms with Crippen LogP contribution in [0.25, 0.3) is 0 Å². The number of hydrogen-bond acceptors (Lipinski definition) is 6. The number of nitrogens with one attached hydrogen (secondary N) is 1. The highest BCUT2D eigenvalue weighted by atomic mass is 19.4. The summed E-state index contributed by atoms with van der Waals surface area (Å²) in [6.45, 7) is 0. The Morgan fingerprint density at radius 3 is 1.96 bits per heavy atom. The molecule has 0 spiro atoms. The van der Waals surface area contributed by atoms with E-state index in [4.69, 9.17) is 0 Å². The Balaban J connectivity index is 2.49. The van der Waals surface area contributed by atoms with E-state index in [1.54, 1.807) is 30.3 Å². The number of halogens is 3. The smallest absolute Gasteiger partial charge is 0.266 e. The molecule has 2 rings (SSSR count). The number of nitro benzene ring substituents is 2. The summed E-state index contributed by atoms with van der Waals surface area (Å²) in [5.74, 6) is 0. The predicted molar refractivity (Wildman–Crippen MR) is 82.4 cm³/mol. The highest BCUT2D eigenvalue weighted by molar-refractivity contribution is 5.82. The van der Waals surface area contributed by atoms with E-state index in [-0.39, 0.29) is 12.1 Å². The van der Waals surface area contributed by atoms with Crippen molar-refractivity contribution in [1.82, 2.24) is 0 Å². The lowest BCUT2D eigenvalue weighted by Crippen LogP contribution is -2.09. The Bertz CT molecular complexity index is 803. The van der Waals surface area contributed by atoms with E-state index in [9.17, 15) is 33.4 Å². The van der Waals surface area contributed by atoms with Crippen molar-refractivity contribution in [2.24, 2.45) is 5.10 Å². The minimum Gasteiger partial charge on any atom is -0.266 e. The molecular weight excluding hydrogens is 345 g/mol. The summed E-state index contributed by atoms with van der Waals surface area (Å²) in [6.07, 6.45) is -3.76. The standard InChI is InChI=1S/C14H9F3N4O4/c15-14(16,17)10-6-11(20(22)23)13(12(7-10)21(24)25)19-18-8-9-4-2-1-3-5-9/h1-8,19H/b18-8-. The van der Waals surface area contributed by atoms with Gasteiger partial charge < -0.3 is 0 Å². The van der Waals surface area contributed by atoms with Crippen molar-refractivity contribution in [2.45, 2.75) is 6.18 Å². The van der Waals surface area contributed by atoms with Crippen molar-refractivity contribution in [3.8, 4) is 0 Å². The van der Waals surface area contributed by atoms with E-state index in [0.29, 0.717) is 5.56 Å². The lowest BCUT2D eigenvalue weighted by atomic mass is 10.1. The van der Waals surface area contributed by atoms with Gasteiger partial charge in [-0.1, -0.05) is 30.3 Å². The largest absolute Gasteiger partial charge is 0.416 e. The topological polar surface area (TPSA) is 111 Å². The van der Waals surface area contributed by atoms with Crippen molar-refractivity contribution < 1.29 is 23.0 Å². The third-order valence-corrected chi connectivity index (χ3v) is 3.01. The van der Waals surface area contributed by atoms with Crippen LogP contribution in [0.2, 0.25) is 0 Å². The molecule has 0 aliphatic heterocycles. The summed E-state index contributed by atoms with van der Waals surface area (Å²) in [4.78, 5) is 19.8. The van der Waals surface area contributed by atoms with Gasteiger partial charge in [-0.25, -0.2) is 0 Å². The molecule has 0 atom stereocenters. The SMILES string of the molecule is O=[N+]([O-])c1cc(C(F)(F)F)cc([N+](=O)[O-])c1N/N=C\c1ccccc1. The average molecular weight is 354 g/mol. The zero-order valence-electron chi connectivity index (χ0n) is 12.2. The molecule has 1 N–H and O–H groups in total. The van der Waals surface area contributed by atoms with Gasteiger partial charge in [0.05, 0.1) is 21.6 Å². The third-order valence-electron chi connectivity index (χ3n) is 3.01. The van der Waals surface area contributed by atoms with E-state index < -0.39 is 38.6 Å². The highest BCUT2D eigenvalue weighted by Crippen LogP contribution is 2.41. The maximum Gasteiger partial charge on any atom is 0.416 e. The third kappa shape index (κ3) is 4.28. The summed E-state index contributed by atoms with van der Waals surface area (Å²) in [5.41, 5.74) is -1.78. The van der Waals surface area contributed by atoms with Gasteiger partial charge in [-0.15, -0.1) is 0 Å². The van der Waals surface area contributed by atoms with Crippen molar-refractivity contribution in [3.63, 3.8) is 0 Å². The molecule has 0 bridgehead atoms. The van der Waals surface area contributed by atoms with Crippen LogP contribution in [0.5, 0.6) is 0 Å². The van der Waals surface area contributed by atoms with E-state index in [2.05, 4.69) is 10.5 Å². The summed E-state index contributed by atoms with van der Waals surface area (Å²) in [6, 6.07) is 8.81. The van der Waals surface area contributed by atoms with Crippen LogP contribution in [0.15, 0.2) is 47.6 Å². The molecule has 0 amide bonds. The molecule has 0 fully saturated rings. The second-order valence-corrected chi connectivity index (χ2v) is 4.68. The van der Waals surface area contributed by atoms with Crippen LogP contribution >= 0.6 is 0 Å². The fourth-order valence-electron chi connectivity index (χ4n) is 1.89. The fraction of sp³-hybridized carbons (Fsp3) is 0.0714. The van der Waals surface area contributed by atoms with Gasteiger partial charge in [-0.05, 0) is 5.56 Å². The normalized spacial score (nSPS) is 11.5. The van der Waals surface area contributed by atoms with Gasteiger partial charge in [-0.2, -0.15) is 18.3 Å². The molecular formula is C14H9F3N4O4. The zero-order chi connectivity index (χ0) is 18.6. The van der Waals surface area contributed by atoms with E-state index >= 15 is 0 Å². The molecule has 0 radical (unpaired) electrons. The number of rotatable bonds is 5. The molecule has 130 valence electrons. The summed E-state index contributed by atoms with van der Waals surface area (Å²) in [5, 5.41) is 25.7. The molecule has 0 aliphatic rings. The quantitative estimate of drug-likeness (QED) is 0.496. The molecule has 0 aliphatic carbocycles. The van der Waals surface area contributed by atoms with E-state index in [1.807, 2.05) is 0 Å². The molecule has 0 saturated heterocycles. The minimum atomic E-state index is -4.97. The number of nitrogens with zero attached hydrogens (tertiary/aromatic N) is 3. The molecule has 0 unspecified atom stereocenters. The predicted octanol–water partition coefficient (Wildman–Crippen LogP) is 3.97. The monoisotopic (exact) mass is 354 g/mol. The minimum absolute atomic E-state index is 0.216. The molecule has 0 heterocycles. The van der Waals surface area contributed by atoms with Gasteiger partial charge in [0, 0.05) is 12.1 Å². The molecule has 0 saturated carbocycles. The Labute approximate surface area is 137 Å². The first kappa shape index (κ1) is 17.8. The van der Waals surface area contributed by atoms with Gasteiger partial charge >= 0.3 is 17.6 Å². The van der Waals surface area contributed by atoms with Gasteiger partial charge in [0.15, 0.2) is 0 Å². The summed E-state index contributed by atoms with van der Waals surface area (Å²) in [7, 11) is 0. The van der Waals surface area contributed by atoms with Crippen molar-refractivity contribution >= 4 is 23.3 Å². The first-order valence-electron chi connectivity index (χ1n) is 6.58. The molecule has 2 aromatic carbocycles. The van der Waals surface area contributed by atoms with Gasteiger partial charge in [0.1, 0.15) is 0 Å². The van der Waals surface area contributed by atoms with Gasteiger partial charge in [0.2, 0.25) is 5.69 Å². The second kappa shape index (κ2) is 6.95. The van der Waals surface area contributed by atoms with Crippen LogP contribution in [0.3, 0.4) is 0 Å².